The molecule has 0 aliphatic carbocycles. The second kappa shape index (κ2) is 6.81. The van der Waals surface area contributed by atoms with Crippen molar-refractivity contribution in [2.45, 2.75) is 13.3 Å². The minimum absolute atomic E-state index is 0.0601. The van der Waals surface area contributed by atoms with E-state index in [0.29, 0.717) is 16.5 Å². The Balaban J connectivity index is 2.20. The first kappa shape index (κ1) is 10.7. The minimum atomic E-state index is -2.62. The van der Waals surface area contributed by atoms with Gasteiger partial charge in [-0.1, -0.05) is 24.3 Å². The summed E-state index contributed by atoms with van der Waals surface area (Å²) in [6.07, 6.45) is -0.396. The molecule has 1 N–H and O–H groups in total. The highest BCUT2D eigenvalue weighted by molar-refractivity contribution is 5.95. The average Bonchev–Trinajstić information content (AvgIpc) is 2.65. The number of benzene rings is 2. The molecule has 0 radical (unpaired) electrons. The van der Waals surface area contributed by atoms with Crippen molar-refractivity contribution in [3.05, 3.63) is 64.5 Å². The molecular weight excluding hydrogens is 318 g/mol. The van der Waals surface area contributed by atoms with Crippen molar-refractivity contribution < 1.29 is 22.5 Å². The summed E-state index contributed by atoms with van der Waals surface area (Å²) in [7, 11) is 0. The van der Waals surface area contributed by atoms with Crippen LogP contribution in [0.5, 0.6) is 0 Å². The van der Waals surface area contributed by atoms with Crippen LogP contribution in [-0.2, 0) is 4.79 Å². The summed E-state index contributed by atoms with van der Waals surface area (Å²) in [6, 6.07) is 11.8. The molecule has 5 nitrogen and oxygen atoms in total. The zero-order valence-corrected chi connectivity index (χ0v) is 13.2. The maximum atomic E-state index is 12.2. The molecule has 3 rings (SSSR count). The number of carboxylic acids is 1. The van der Waals surface area contributed by atoms with Crippen LogP contribution in [0.15, 0.2) is 57.7 Å². The van der Waals surface area contributed by atoms with Crippen LogP contribution in [0.3, 0.4) is 0 Å². The molecule has 25 heavy (non-hydrogen) atoms. The quantitative estimate of drug-likeness (QED) is 0.716. The Labute approximate surface area is 153 Å². The predicted molar refractivity (Wildman–Crippen MR) is 98.2 cm³/mol. The third-order valence-corrected chi connectivity index (χ3v) is 3.81. The fraction of sp³-hybridized carbons (Fsp3) is 0.200. The highest BCUT2D eigenvalue weighted by Crippen LogP contribution is 2.31. The zero-order valence-electron chi connectivity index (χ0n) is 19.2. The molecule has 0 fully saturated rings. The van der Waals surface area contributed by atoms with E-state index < -0.39 is 31.8 Å². The number of carbonyl (C=O) groups is 1. The molecule has 1 aromatic heterocycles. The molecule has 0 aliphatic heterocycles. The van der Waals surface area contributed by atoms with Gasteiger partial charge in [0, 0.05) is 50.5 Å². The Kier molecular flexibility index (Phi) is 2.92. The molecule has 0 aliphatic rings. The molecule has 2 aromatic carbocycles. The summed E-state index contributed by atoms with van der Waals surface area (Å²) < 4.78 is 51.7. The largest absolute Gasteiger partial charge is 0.481 e. The first-order valence-electron chi connectivity index (χ1n) is 10.5. The van der Waals surface area contributed by atoms with E-state index >= 15 is 0 Å². The fourth-order valence-electron chi connectivity index (χ4n) is 2.60. The third kappa shape index (κ3) is 3.55. The number of nitrogens with zero attached hydrogens (tertiary/aromatic N) is 1. The second-order valence-electron chi connectivity index (χ2n) is 5.50. The van der Waals surface area contributed by atoms with Gasteiger partial charge in [-0.25, -0.2) is 4.79 Å². The first-order valence-corrected chi connectivity index (χ1v) is 7.55. The van der Waals surface area contributed by atoms with Crippen LogP contribution in [0.2, 0.25) is 0 Å². The monoisotopic (exact) mass is 343 g/mol. The zero-order chi connectivity index (χ0) is 23.0. The van der Waals surface area contributed by atoms with E-state index in [2.05, 4.69) is 0 Å². The molecule has 128 valence electrons. The van der Waals surface area contributed by atoms with Gasteiger partial charge < -0.3 is 14.4 Å². The lowest BCUT2D eigenvalue weighted by molar-refractivity contribution is -0.136. The van der Waals surface area contributed by atoms with Gasteiger partial charge in [0.2, 0.25) is 0 Å². The maximum Gasteiger partial charge on any atom is 0.336 e. The van der Waals surface area contributed by atoms with Crippen molar-refractivity contribution in [2.24, 2.45) is 0 Å². The Bertz CT molecular complexity index is 1180. The van der Waals surface area contributed by atoms with Gasteiger partial charge in [-0.05, 0) is 30.1 Å². The first-order chi connectivity index (χ1) is 14.4. The molecule has 0 amide bonds. The highest BCUT2D eigenvalue weighted by Gasteiger charge is 2.12. The van der Waals surface area contributed by atoms with Crippen molar-refractivity contribution >= 4 is 22.6 Å². The van der Waals surface area contributed by atoms with Crippen LogP contribution >= 0.6 is 0 Å². The van der Waals surface area contributed by atoms with E-state index in [1.54, 1.807) is 18.2 Å². The summed E-state index contributed by atoms with van der Waals surface area (Å²) in [5.41, 5.74) is 0.229. The molecular formula is C20H19NO4. The normalized spacial score (nSPS) is 15.4. The van der Waals surface area contributed by atoms with Crippen LogP contribution in [0.25, 0.3) is 22.1 Å². The van der Waals surface area contributed by atoms with E-state index in [4.69, 9.17) is 17.7 Å². The topological polar surface area (TPSA) is 70.8 Å². The van der Waals surface area contributed by atoms with Crippen LogP contribution in [0.4, 0.5) is 5.69 Å². The summed E-state index contributed by atoms with van der Waals surface area (Å²) in [5.74, 6) is -1.15. The van der Waals surface area contributed by atoms with Gasteiger partial charge in [0.1, 0.15) is 5.58 Å². The second-order valence-corrected chi connectivity index (χ2v) is 5.50. The van der Waals surface area contributed by atoms with Crippen molar-refractivity contribution in [1.29, 1.82) is 0 Å². The van der Waals surface area contributed by atoms with E-state index in [1.165, 1.54) is 30.3 Å². The van der Waals surface area contributed by atoms with Crippen molar-refractivity contribution in [3.63, 3.8) is 0 Å². The Morgan fingerprint density at radius 2 is 2.04 bits per heavy atom. The van der Waals surface area contributed by atoms with Crippen LogP contribution in [0.1, 0.15) is 20.2 Å². The van der Waals surface area contributed by atoms with Gasteiger partial charge in [-0.3, -0.25) is 4.79 Å². The molecule has 3 aromatic rings. The molecule has 0 saturated carbocycles. The van der Waals surface area contributed by atoms with E-state index in [9.17, 15) is 9.59 Å². The van der Waals surface area contributed by atoms with Gasteiger partial charge in [0.05, 0.1) is 6.42 Å². The fourth-order valence-corrected chi connectivity index (χ4v) is 2.60. The smallest absolute Gasteiger partial charge is 0.336 e. The van der Waals surface area contributed by atoms with Gasteiger partial charge in [0.25, 0.3) is 0 Å². The number of rotatable bonds is 5. The number of carboxylic acid groups (broad SMARTS) is 1. The van der Waals surface area contributed by atoms with E-state index in [-0.39, 0.29) is 23.4 Å². The number of aliphatic carboxylic acids is 1. The van der Waals surface area contributed by atoms with Crippen LogP contribution in [0, 0.1) is 6.85 Å². The number of hydrogen-bond donors (Lipinski definition) is 1. The maximum absolute atomic E-state index is 12.2. The van der Waals surface area contributed by atoms with Crippen LogP contribution in [-0.4, -0.2) is 24.6 Å². The molecule has 5 heteroatoms. The number of fused-ring (bicyclic) bond motifs is 1. The SMILES string of the molecule is [2H]C([2H])([2H])c1ccccc1-c1cc(=O)oc2cc(N(CCC(=O)O)C([2H])([2H])[2H])ccc12. The summed E-state index contributed by atoms with van der Waals surface area (Å²) in [6.45, 7) is -5.30. The third-order valence-electron chi connectivity index (χ3n) is 3.81. The highest BCUT2D eigenvalue weighted by atomic mass is 16.4. The Hall–Kier alpha value is -3.08. The van der Waals surface area contributed by atoms with E-state index in [1.807, 2.05) is 0 Å². The molecule has 0 bridgehead atoms. The van der Waals surface area contributed by atoms with Gasteiger partial charge in [-0.2, -0.15) is 0 Å². The summed E-state index contributed by atoms with van der Waals surface area (Å²) in [4.78, 5) is 24.1. The van der Waals surface area contributed by atoms with Gasteiger partial charge >= 0.3 is 11.6 Å². The standard InChI is InChI=1S/C20H19NO4/c1-13-5-3-4-6-15(13)17-12-20(24)25-18-11-14(7-8-16(17)18)21(2)10-9-19(22)23/h3-8,11-12H,9-10H2,1-2H3,(H,22,23)/i1D3,2D3. The Morgan fingerprint density at radius 3 is 2.80 bits per heavy atom. The lowest BCUT2D eigenvalue weighted by atomic mass is 9.98. The van der Waals surface area contributed by atoms with Crippen LogP contribution < -0.4 is 10.5 Å². The molecule has 0 atom stereocenters. The molecule has 0 unspecified atom stereocenters. The van der Waals surface area contributed by atoms with Gasteiger partial charge in [0.15, 0.2) is 0 Å². The molecule has 1 heterocycles. The lowest BCUT2D eigenvalue weighted by Gasteiger charge is -2.19. The van der Waals surface area contributed by atoms with Crippen molar-refractivity contribution in [3.8, 4) is 11.1 Å². The molecule has 0 saturated heterocycles. The summed E-state index contributed by atoms with van der Waals surface area (Å²) >= 11 is 0. The minimum Gasteiger partial charge on any atom is -0.481 e. The summed E-state index contributed by atoms with van der Waals surface area (Å²) in [5, 5.41) is 9.34. The number of hydrogen-bond acceptors (Lipinski definition) is 4. The Morgan fingerprint density at radius 1 is 1.20 bits per heavy atom. The number of anilines is 1. The van der Waals surface area contributed by atoms with Gasteiger partial charge in [-0.15, -0.1) is 0 Å². The lowest BCUT2D eigenvalue weighted by Crippen LogP contribution is -2.20. The van der Waals surface area contributed by atoms with E-state index in [0.717, 1.165) is 4.90 Å². The van der Waals surface area contributed by atoms with Crippen molar-refractivity contribution in [2.75, 3.05) is 18.4 Å². The van der Waals surface area contributed by atoms with Crippen molar-refractivity contribution in [1.82, 2.24) is 0 Å². The average molecular weight is 343 g/mol. The number of aryl methyl sites for hydroxylation is 1. The predicted octanol–water partition coefficient (Wildman–Crippen LogP) is 3.68. The molecule has 0 spiro atoms.